The van der Waals surface area contributed by atoms with E-state index in [1.165, 1.54) is 6.42 Å². The van der Waals surface area contributed by atoms with Gasteiger partial charge in [0.15, 0.2) is 0 Å². The van der Waals surface area contributed by atoms with Gasteiger partial charge in [0.2, 0.25) is 0 Å². The first-order valence-electron chi connectivity index (χ1n) is 6.54. The van der Waals surface area contributed by atoms with Gasteiger partial charge >= 0.3 is 0 Å². The number of aryl methyl sites for hydroxylation is 1. The average molecular weight is 239 g/mol. The third-order valence-corrected chi connectivity index (χ3v) is 2.48. The van der Waals surface area contributed by atoms with Gasteiger partial charge in [-0.05, 0) is 24.7 Å². The maximum Gasteiger partial charge on any atom is 0.0827 e. The maximum absolute atomic E-state index is 5.52. The Bertz CT molecular complexity index is 307. The highest BCUT2D eigenvalue weighted by molar-refractivity contribution is 4.92. The molecule has 0 aliphatic carbocycles. The van der Waals surface area contributed by atoms with Gasteiger partial charge < -0.3 is 4.74 Å². The highest BCUT2D eigenvalue weighted by atomic mass is 16.5. The first kappa shape index (κ1) is 14.2. The zero-order chi connectivity index (χ0) is 12.7. The molecule has 0 unspecified atom stereocenters. The highest BCUT2D eigenvalue weighted by Gasteiger charge is 2.02. The van der Waals surface area contributed by atoms with Gasteiger partial charge in [0.05, 0.1) is 18.8 Å². The maximum atomic E-state index is 5.52. The van der Waals surface area contributed by atoms with Crippen LogP contribution in [0.2, 0.25) is 0 Å². The summed E-state index contributed by atoms with van der Waals surface area (Å²) in [5.41, 5.74) is 1.09. The predicted octanol–water partition coefficient (Wildman–Crippen LogP) is 2.54. The standard InChI is InChI=1S/C13H25N3O/c1-11(2)5-6-13-9-16(15-14-13)7-8-17-10-12(3)4/h9,11-12H,5-8,10H2,1-4H3. The van der Waals surface area contributed by atoms with Crippen LogP contribution in [0.4, 0.5) is 0 Å². The van der Waals surface area contributed by atoms with Crippen LogP contribution in [0.1, 0.15) is 39.8 Å². The second-order valence-corrected chi connectivity index (χ2v) is 5.37. The second kappa shape index (κ2) is 7.43. The van der Waals surface area contributed by atoms with Crippen LogP contribution in [0.25, 0.3) is 0 Å². The largest absolute Gasteiger partial charge is 0.379 e. The lowest BCUT2D eigenvalue weighted by Crippen LogP contribution is -2.09. The van der Waals surface area contributed by atoms with E-state index >= 15 is 0 Å². The third-order valence-electron chi connectivity index (χ3n) is 2.48. The van der Waals surface area contributed by atoms with E-state index in [-0.39, 0.29) is 0 Å². The molecule has 0 spiro atoms. The minimum atomic E-state index is 0.590. The van der Waals surface area contributed by atoms with Crippen molar-refractivity contribution in [3.63, 3.8) is 0 Å². The molecule has 0 N–H and O–H groups in total. The zero-order valence-corrected chi connectivity index (χ0v) is 11.5. The average Bonchev–Trinajstić information content (AvgIpc) is 2.69. The Balaban J connectivity index is 2.21. The van der Waals surface area contributed by atoms with Gasteiger partial charge in [-0.25, -0.2) is 4.68 Å². The molecule has 1 aromatic heterocycles. The van der Waals surface area contributed by atoms with Gasteiger partial charge in [0, 0.05) is 12.8 Å². The van der Waals surface area contributed by atoms with Crippen molar-refractivity contribution in [2.45, 2.75) is 47.1 Å². The molecule has 0 atom stereocenters. The van der Waals surface area contributed by atoms with E-state index < -0.39 is 0 Å². The van der Waals surface area contributed by atoms with Crippen LogP contribution in [0, 0.1) is 11.8 Å². The molecular weight excluding hydrogens is 214 g/mol. The first-order valence-corrected chi connectivity index (χ1v) is 6.54. The molecule has 0 amide bonds. The molecule has 98 valence electrons. The molecule has 4 nitrogen and oxygen atoms in total. The van der Waals surface area contributed by atoms with Crippen LogP contribution >= 0.6 is 0 Å². The lowest BCUT2D eigenvalue weighted by atomic mass is 10.1. The monoisotopic (exact) mass is 239 g/mol. The second-order valence-electron chi connectivity index (χ2n) is 5.37. The summed E-state index contributed by atoms with van der Waals surface area (Å²) in [4.78, 5) is 0. The van der Waals surface area contributed by atoms with Crippen LogP contribution in [0.3, 0.4) is 0 Å². The van der Waals surface area contributed by atoms with Gasteiger partial charge in [-0.1, -0.05) is 32.9 Å². The molecule has 0 aliphatic rings. The number of hydrogen-bond acceptors (Lipinski definition) is 3. The summed E-state index contributed by atoms with van der Waals surface area (Å²) < 4.78 is 7.39. The lowest BCUT2D eigenvalue weighted by Gasteiger charge is -2.05. The summed E-state index contributed by atoms with van der Waals surface area (Å²) in [6.07, 6.45) is 4.22. The Morgan fingerprint density at radius 2 is 2.00 bits per heavy atom. The molecule has 0 saturated heterocycles. The number of ether oxygens (including phenoxy) is 1. The van der Waals surface area contributed by atoms with E-state index in [9.17, 15) is 0 Å². The summed E-state index contributed by atoms with van der Waals surface area (Å²) in [5, 5.41) is 8.26. The Morgan fingerprint density at radius 3 is 2.65 bits per heavy atom. The minimum absolute atomic E-state index is 0.590. The minimum Gasteiger partial charge on any atom is -0.379 e. The third kappa shape index (κ3) is 6.41. The van der Waals surface area contributed by atoms with Crippen molar-refractivity contribution in [1.29, 1.82) is 0 Å². The highest BCUT2D eigenvalue weighted by Crippen LogP contribution is 2.05. The van der Waals surface area contributed by atoms with E-state index in [0.29, 0.717) is 12.5 Å². The smallest absolute Gasteiger partial charge is 0.0827 e. The Morgan fingerprint density at radius 1 is 1.24 bits per heavy atom. The van der Waals surface area contributed by atoms with E-state index in [2.05, 4.69) is 38.0 Å². The van der Waals surface area contributed by atoms with Gasteiger partial charge in [-0.3, -0.25) is 0 Å². The molecule has 1 heterocycles. The van der Waals surface area contributed by atoms with Crippen LogP contribution in [0.5, 0.6) is 0 Å². The van der Waals surface area contributed by atoms with E-state index in [1.807, 2.05) is 10.9 Å². The van der Waals surface area contributed by atoms with Crippen LogP contribution in [-0.4, -0.2) is 28.2 Å². The summed E-state index contributed by atoms with van der Waals surface area (Å²) in [7, 11) is 0. The first-order chi connectivity index (χ1) is 8.08. The van der Waals surface area contributed by atoms with Crippen molar-refractivity contribution < 1.29 is 4.74 Å². The summed E-state index contributed by atoms with van der Waals surface area (Å²) >= 11 is 0. The molecule has 0 radical (unpaired) electrons. The predicted molar refractivity (Wildman–Crippen MR) is 68.8 cm³/mol. The van der Waals surface area contributed by atoms with Crippen molar-refractivity contribution in [1.82, 2.24) is 15.0 Å². The molecular formula is C13H25N3O. The van der Waals surface area contributed by atoms with E-state index in [1.54, 1.807) is 0 Å². The van der Waals surface area contributed by atoms with Crippen molar-refractivity contribution in [3.8, 4) is 0 Å². The molecule has 0 aromatic carbocycles. The summed E-state index contributed by atoms with van der Waals surface area (Å²) in [5.74, 6) is 1.31. The van der Waals surface area contributed by atoms with Crippen LogP contribution < -0.4 is 0 Å². The Labute approximate surface area is 104 Å². The number of nitrogens with zero attached hydrogens (tertiary/aromatic N) is 3. The topological polar surface area (TPSA) is 39.9 Å². The SMILES string of the molecule is CC(C)CCc1cn(CCOCC(C)C)nn1. The fourth-order valence-electron chi connectivity index (χ4n) is 1.48. The van der Waals surface area contributed by atoms with Crippen molar-refractivity contribution in [2.24, 2.45) is 11.8 Å². The number of hydrogen-bond donors (Lipinski definition) is 0. The zero-order valence-electron chi connectivity index (χ0n) is 11.5. The Hall–Kier alpha value is -0.900. The van der Waals surface area contributed by atoms with Gasteiger partial charge in [-0.15, -0.1) is 5.10 Å². The summed E-state index contributed by atoms with van der Waals surface area (Å²) in [6.45, 7) is 11.1. The normalized spacial score (nSPS) is 11.6. The van der Waals surface area contributed by atoms with Gasteiger partial charge in [-0.2, -0.15) is 0 Å². The molecule has 0 aliphatic heterocycles. The van der Waals surface area contributed by atoms with Crippen molar-refractivity contribution in [2.75, 3.05) is 13.2 Å². The molecule has 1 rings (SSSR count). The van der Waals surface area contributed by atoms with Crippen molar-refractivity contribution >= 4 is 0 Å². The molecule has 0 fully saturated rings. The number of aromatic nitrogens is 3. The molecule has 0 bridgehead atoms. The summed E-state index contributed by atoms with van der Waals surface area (Å²) in [6, 6.07) is 0. The van der Waals surface area contributed by atoms with Gasteiger partial charge in [0.1, 0.15) is 0 Å². The Kier molecular flexibility index (Phi) is 6.19. The van der Waals surface area contributed by atoms with Crippen LogP contribution in [0.15, 0.2) is 6.20 Å². The van der Waals surface area contributed by atoms with Gasteiger partial charge in [0.25, 0.3) is 0 Å². The fraction of sp³-hybridized carbons (Fsp3) is 0.846. The molecule has 1 aromatic rings. The molecule has 17 heavy (non-hydrogen) atoms. The van der Waals surface area contributed by atoms with E-state index in [4.69, 9.17) is 4.74 Å². The quantitative estimate of drug-likeness (QED) is 0.654. The molecule has 0 saturated carbocycles. The lowest BCUT2D eigenvalue weighted by molar-refractivity contribution is 0.101. The van der Waals surface area contributed by atoms with Crippen LogP contribution in [-0.2, 0) is 17.7 Å². The fourth-order valence-corrected chi connectivity index (χ4v) is 1.48. The molecule has 4 heteroatoms. The van der Waals surface area contributed by atoms with E-state index in [0.717, 1.165) is 31.2 Å². The number of rotatable bonds is 8. The van der Waals surface area contributed by atoms with Crippen molar-refractivity contribution in [3.05, 3.63) is 11.9 Å².